The van der Waals surface area contributed by atoms with E-state index in [0.29, 0.717) is 37.1 Å². The van der Waals surface area contributed by atoms with E-state index in [1.54, 1.807) is 24.0 Å². The Bertz CT molecular complexity index is 791. The van der Waals surface area contributed by atoms with Gasteiger partial charge >= 0.3 is 5.63 Å². The highest BCUT2D eigenvalue weighted by Gasteiger charge is 2.27. The molecule has 1 fully saturated rings. The number of benzene rings is 1. The number of rotatable bonds is 1. The van der Waals surface area contributed by atoms with Crippen molar-refractivity contribution in [3.8, 4) is 0 Å². The normalized spacial score (nSPS) is 16.2. The molecule has 0 bridgehead atoms. The first-order chi connectivity index (χ1) is 10.5. The van der Waals surface area contributed by atoms with E-state index in [-0.39, 0.29) is 17.6 Å². The van der Waals surface area contributed by atoms with Gasteiger partial charge in [-0.3, -0.25) is 4.79 Å². The number of nitrogens with zero attached hydrogens (tertiary/aromatic N) is 1. The molecule has 1 N–H and O–H groups in total. The van der Waals surface area contributed by atoms with Crippen LogP contribution in [0.3, 0.4) is 0 Å². The Morgan fingerprint density at radius 3 is 2.73 bits per heavy atom. The lowest BCUT2D eigenvalue weighted by molar-refractivity contribution is 0.0542. The molecule has 0 unspecified atom stereocenters. The van der Waals surface area contributed by atoms with E-state index in [1.807, 2.05) is 6.07 Å². The summed E-state index contributed by atoms with van der Waals surface area (Å²) < 4.78 is 6.15. The second kappa shape index (κ2) is 5.85. The third kappa shape index (κ3) is 2.68. The number of carbonyl (C=O) groups is 1. The number of carbonyl (C=O) groups excluding carboxylic acids is 1. The number of aliphatic hydroxyl groups excluding tert-OH is 1. The lowest BCUT2D eigenvalue weighted by Crippen LogP contribution is -2.42. The molecule has 0 radical (unpaired) electrons. The van der Waals surface area contributed by atoms with Crippen molar-refractivity contribution in [3.05, 3.63) is 44.2 Å². The Morgan fingerprint density at radius 1 is 1.36 bits per heavy atom. The topological polar surface area (TPSA) is 70.8 Å². The molecule has 116 valence electrons. The van der Waals surface area contributed by atoms with Gasteiger partial charge in [0.05, 0.1) is 6.10 Å². The number of hydrogen-bond donors (Lipinski definition) is 1. The first-order valence-electron chi connectivity index (χ1n) is 7.17. The van der Waals surface area contributed by atoms with Gasteiger partial charge in [-0.05, 0) is 43.5 Å². The molecular weight excluding hydrogens is 350 g/mol. The molecule has 1 aliphatic heterocycles. The zero-order valence-corrected chi connectivity index (χ0v) is 13.7. The second-order valence-corrected chi connectivity index (χ2v) is 6.47. The van der Waals surface area contributed by atoms with Crippen LogP contribution in [0.2, 0.25) is 0 Å². The number of hydrogen-bond acceptors (Lipinski definition) is 4. The van der Waals surface area contributed by atoms with Crippen LogP contribution in [0, 0.1) is 6.92 Å². The van der Waals surface area contributed by atoms with Gasteiger partial charge in [0.15, 0.2) is 0 Å². The summed E-state index contributed by atoms with van der Waals surface area (Å²) in [7, 11) is 0. The largest absolute Gasteiger partial charge is 0.422 e. The van der Waals surface area contributed by atoms with Gasteiger partial charge in [-0.25, -0.2) is 4.79 Å². The zero-order chi connectivity index (χ0) is 15.9. The maximum absolute atomic E-state index is 12.6. The van der Waals surface area contributed by atoms with Crippen molar-refractivity contribution in [2.75, 3.05) is 13.1 Å². The minimum atomic E-state index is -0.608. The smallest absolute Gasteiger partial charge is 0.349 e. The SMILES string of the molecule is Cc1c(C(=O)N2CCC(O)CC2)c(=O)oc2ccc(Br)cc12. The summed E-state index contributed by atoms with van der Waals surface area (Å²) in [6.07, 6.45) is 0.707. The highest BCUT2D eigenvalue weighted by atomic mass is 79.9. The summed E-state index contributed by atoms with van der Waals surface area (Å²) in [4.78, 5) is 26.5. The average molecular weight is 366 g/mol. The van der Waals surface area contributed by atoms with Crippen LogP contribution in [-0.4, -0.2) is 35.1 Å². The second-order valence-electron chi connectivity index (χ2n) is 5.55. The van der Waals surface area contributed by atoms with Gasteiger partial charge in [0.25, 0.3) is 5.91 Å². The van der Waals surface area contributed by atoms with Gasteiger partial charge in [0, 0.05) is 22.9 Å². The lowest BCUT2D eigenvalue weighted by Gasteiger charge is -2.29. The molecule has 0 saturated carbocycles. The van der Waals surface area contributed by atoms with Crippen molar-refractivity contribution >= 4 is 32.8 Å². The van der Waals surface area contributed by atoms with Crippen LogP contribution < -0.4 is 5.63 Å². The Labute approximate surface area is 135 Å². The highest BCUT2D eigenvalue weighted by molar-refractivity contribution is 9.10. The maximum Gasteiger partial charge on any atom is 0.349 e. The number of likely N-dealkylation sites (tertiary alicyclic amines) is 1. The van der Waals surface area contributed by atoms with E-state index in [2.05, 4.69) is 15.9 Å². The summed E-state index contributed by atoms with van der Waals surface area (Å²) in [6, 6.07) is 5.34. The van der Waals surface area contributed by atoms with Gasteiger partial charge < -0.3 is 14.4 Å². The van der Waals surface area contributed by atoms with E-state index >= 15 is 0 Å². The molecule has 2 heterocycles. The molecule has 5 nitrogen and oxygen atoms in total. The summed E-state index contributed by atoms with van der Waals surface area (Å²) in [5.41, 5.74) is 0.574. The molecule has 0 atom stereocenters. The summed E-state index contributed by atoms with van der Waals surface area (Å²) in [6.45, 7) is 2.67. The van der Waals surface area contributed by atoms with Gasteiger partial charge in [-0.1, -0.05) is 15.9 Å². The fourth-order valence-electron chi connectivity index (χ4n) is 2.80. The minimum Gasteiger partial charge on any atom is -0.422 e. The van der Waals surface area contributed by atoms with Crippen LogP contribution in [0.4, 0.5) is 0 Å². The van der Waals surface area contributed by atoms with Gasteiger partial charge in [0.2, 0.25) is 0 Å². The number of piperidine rings is 1. The first-order valence-corrected chi connectivity index (χ1v) is 7.97. The number of halogens is 1. The number of aryl methyl sites for hydroxylation is 1. The van der Waals surface area contributed by atoms with E-state index < -0.39 is 5.63 Å². The molecule has 0 aliphatic carbocycles. The minimum absolute atomic E-state index is 0.0852. The predicted molar refractivity (Wildman–Crippen MR) is 86.1 cm³/mol. The predicted octanol–water partition coefficient (Wildman–Crippen LogP) is 2.46. The molecular formula is C16H16BrNO4. The first kappa shape index (κ1) is 15.2. The lowest BCUT2D eigenvalue weighted by atomic mass is 10.0. The van der Waals surface area contributed by atoms with E-state index in [9.17, 15) is 14.7 Å². The number of fused-ring (bicyclic) bond motifs is 1. The monoisotopic (exact) mass is 365 g/mol. The molecule has 1 aliphatic rings. The Balaban J connectivity index is 2.06. The van der Waals surface area contributed by atoms with Crippen LogP contribution in [-0.2, 0) is 0 Å². The van der Waals surface area contributed by atoms with Gasteiger partial charge in [-0.2, -0.15) is 0 Å². The van der Waals surface area contributed by atoms with Crippen LogP contribution >= 0.6 is 15.9 Å². The quantitative estimate of drug-likeness (QED) is 0.788. The maximum atomic E-state index is 12.6. The van der Waals surface area contributed by atoms with Crippen molar-refractivity contribution in [3.63, 3.8) is 0 Å². The van der Waals surface area contributed by atoms with Crippen molar-refractivity contribution in [1.82, 2.24) is 4.90 Å². The Kier molecular flexibility index (Phi) is 4.06. The molecule has 1 saturated heterocycles. The van der Waals surface area contributed by atoms with E-state index in [4.69, 9.17) is 4.42 Å². The van der Waals surface area contributed by atoms with E-state index in [0.717, 1.165) is 9.86 Å². The molecule has 1 aromatic carbocycles. The van der Waals surface area contributed by atoms with Crippen molar-refractivity contribution in [2.24, 2.45) is 0 Å². The zero-order valence-electron chi connectivity index (χ0n) is 12.1. The molecule has 1 aromatic heterocycles. The Hall–Kier alpha value is -1.66. The number of amides is 1. The number of aliphatic hydroxyl groups is 1. The van der Waals surface area contributed by atoms with Crippen molar-refractivity contribution in [2.45, 2.75) is 25.9 Å². The average Bonchev–Trinajstić information content (AvgIpc) is 2.49. The third-order valence-electron chi connectivity index (χ3n) is 4.09. The standard InChI is InChI=1S/C16H16BrNO4/c1-9-12-8-10(17)2-3-13(12)22-16(21)14(9)15(20)18-6-4-11(19)5-7-18/h2-3,8,11,19H,4-7H2,1H3. The third-order valence-corrected chi connectivity index (χ3v) is 4.59. The van der Waals surface area contributed by atoms with Crippen molar-refractivity contribution in [1.29, 1.82) is 0 Å². The fourth-order valence-corrected chi connectivity index (χ4v) is 3.16. The summed E-state index contributed by atoms with van der Waals surface area (Å²) in [5, 5.41) is 10.3. The van der Waals surface area contributed by atoms with Crippen molar-refractivity contribution < 1.29 is 14.3 Å². The molecule has 2 aromatic rings. The molecule has 1 amide bonds. The van der Waals surface area contributed by atoms with Crippen LogP contribution in [0.25, 0.3) is 11.0 Å². The van der Waals surface area contributed by atoms with Crippen LogP contribution in [0.15, 0.2) is 31.9 Å². The summed E-state index contributed by atoms with van der Waals surface area (Å²) in [5.74, 6) is -0.319. The molecule has 6 heteroatoms. The molecule has 22 heavy (non-hydrogen) atoms. The summed E-state index contributed by atoms with van der Waals surface area (Å²) >= 11 is 3.39. The van der Waals surface area contributed by atoms with Gasteiger partial charge in [-0.15, -0.1) is 0 Å². The van der Waals surface area contributed by atoms with E-state index in [1.165, 1.54) is 0 Å². The Morgan fingerprint density at radius 2 is 2.05 bits per heavy atom. The molecule has 3 rings (SSSR count). The highest BCUT2D eigenvalue weighted by Crippen LogP contribution is 2.24. The fraction of sp³-hybridized carbons (Fsp3) is 0.375. The van der Waals surface area contributed by atoms with Gasteiger partial charge in [0.1, 0.15) is 11.1 Å². The van der Waals surface area contributed by atoms with Crippen LogP contribution in [0.5, 0.6) is 0 Å². The van der Waals surface area contributed by atoms with Crippen LogP contribution in [0.1, 0.15) is 28.8 Å². The molecule has 0 spiro atoms.